The third kappa shape index (κ3) is 3.33. The van der Waals surface area contributed by atoms with Crippen molar-refractivity contribution in [3.63, 3.8) is 0 Å². The monoisotopic (exact) mass is 271 g/mol. The number of carbonyl (C=O) groups is 2. The van der Waals surface area contributed by atoms with E-state index in [1.807, 2.05) is 0 Å². The first-order valence-corrected chi connectivity index (χ1v) is 5.52. The smallest absolute Gasteiger partial charge is 0.356 e. The second kappa shape index (κ2) is 5.68. The van der Waals surface area contributed by atoms with Crippen molar-refractivity contribution in [3.05, 3.63) is 22.8 Å². The molecule has 98 valence electrons. The van der Waals surface area contributed by atoms with Crippen molar-refractivity contribution in [1.82, 2.24) is 9.88 Å². The molecule has 7 heteroatoms. The first kappa shape index (κ1) is 14.2. The van der Waals surface area contributed by atoms with Crippen molar-refractivity contribution in [2.75, 3.05) is 32.6 Å². The Labute approximate surface area is 110 Å². The zero-order chi connectivity index (χ0) is 13.9. The molecular weight excluding hydrogens is 258 g/mol. The van der Waals surface area contributed by atoms with Crippen LogP contribution in [0.15, 0.2) is 12.1 Å². The zero-order valence-electron chi connectivity index (χ0n) is 10.3. The molecule has 0 aliphatic rings. The molecule has 1 heterocycles. The predicted octanol–water partition coefficient (Wildman–Crippen LogP) is 0.958. The summed E-state index contributed by atoms with van der Waals surface area (Å²) in [6.07, 6.45) is 0. The van der Waals surface area contributed by atoms with Crippen LogP contribution in [0, 0.1) is 0 Å². The van der Waals surface area contributed by atoms with Crippen LogP contribution in [0.1, 0.15) is 10.5 Å². The normalized spacial score (nSPS) is 10.0. The number of anilines is 1. The standard InChI is InChI=1S/C11H14ClN3O3/c1-14(2)9(16)6-15(3)8-5-4-7(12)10(13-8)11(17)18/h4-5H,6H2,1-3H3,(H,17,18). The molecule has 6 nitrogen and oxygen atoms in total. The molecular formula is C11H14ClN3O3. The molecule has 18 heavy (non-hydrogen) atoms. The van der Waals surface area contributed by atoms with E-state index < -0.39 is 5.97 Å². The molecule has 1 rings (SSSR count). The van der Waals surface area contributed by atoms with E-state index in [4.69, 9.17) is 16.7 Å². The molecule has 0 unspecified atom stereocenters. The van der Waals surface area contributed by atoms with Gasteiger partial charge < -0.3 is 14.9 Å². The van der Waals surface area contributed by atoms with Crippen molar-refractivity contribution >= 4 is 29.3 Å². The number of carboxylic acid groups (broad SMARTS) is 1. The van der Waals surface area contributed by atoms with Gasteiger partial charge in [0, 0.05) is 21.1 Å². The Kier molecular flexibility index (Phi) is 4.49. The highest BCUT2D eigenvalue weighted by Gasteiger charge is 2.15. The number of halogens is 1. The van der Waals surface area contributed by atoms with Crippen LogP contribution in [0.5, 0.6) is 0 Å². The Hall–Kier alpha value is -1.82. The lowest BCUT2D eigenvalue weighted by atomic mass is 10.3. The lowest BCUT2D eigenvalue weighted by molar-refractivity contribution is -0.127. The van der Waals surface area contributed by atoms with E-state index in [-0.39, 0.29) is 23.2 Å². The van der Waals surface area contributed by atoms with Crippen LogP contribution in [0.3, 0.4) is 0 Å². The van der Waals surface area contributed by atoms with Gasteiger partial charge in [0.2, 0.25) is 5.91 Å². The van der Waals surface area contributed by atoms with Gasteiger partial charge in [-0.1, -0.05) is 11.6 Å². The van der Waals surface area contributed by atoms with Gasteiger partial charge in [-0.25, -0.2) is 9.78 Å². The number of carboxylic acids is 1. The summed E-state index contributed by atoms with van der Waals surface area (Å²) >= 11 is 5.72. The van der Waals surface area contributed by atoms with Crippen molar-refractivity contribution in [2.45, 2.75) is 0 Å². The van der Waals surface area contributed by atoms with Gasteiger partial charge in [0.05, 0.1) is 11.6 Å². The van der Waals surface area contributed by atoms with Crippen LogP contribution in [0.4, 0.5) is 5.82 Å². The molecule has 0 radical (unpaired) electrons. The van der Waals surface area contributed by atoms with Crippen molar-refractivity contribution in [2.24, 2.45) is 0 Å². The number of aromatic nitrogens is 1. The van der Waals surface area contributed by atoms with E-state index in [0.29, 0.717) is 5.82 Å². The molecule has 0 saturated carbocycles. The highest BCUT2D eigenvalue weighted by Crippen LogP contribution is 2.18. The maximum Gasteiger partial charge on any atom is 0.356 e. The summed E-state index contributed by atoms with van der Waals surface area (Å²) in [6, 6.07) is 3.02. The molecule has 1 aromatic heterocycles. The van der Waals surface area contributed by atoms with Gasteiger partial charge in [0.25, 0.3) is 0 Å². The number of pyridine rings is 1. The molecule has 0 saturated heterocycles. The lowest BCUT2D eigenvalue weighted by Gasteiger charge is -2.20. The van der Waals surface area contributed by atoms with E-state index in [1.54, 1.807) is 32.1 Å². The third-order valence-corrected chi connectivity index (χ3v) is 2.60. The van der Waals surface area contributed by atoms with Gasteiger partial charge in [0.15, 0.2) is 5.69 Å². The van der Waals surface area contributed by atoms with Crippen LogP contribution in [-0.2, 0) is 4.79 Å². The molecule has 1 amide bonds. The fraction of sp³-hybridized carbons (Fsp3) is 0.364. The third-order valence-electron chi connectivity index (χ3n) is 2.30. The summed E-state index contributed by atoms with van der Waals surface area (Å²) in [7, 11) is 4.95. The molecule has 0 aliphatic carbocycles. The average molecular weight is 272 g/mol. The molecule has 0 aromatic carbocycles. The van der Waals surface area contributed by atoms with Gasteiger partial charge in [-0.05, 0) is 12.1 Å². The Morgan fingerprint density at radius 1 is 1.33 bits per heavy atom. The number of rotatable bonds is 4. The average Bonchev–Trinajstić information content (AvgIpc) is 2.28. The van der Waals surface area contributed by atoms with Crippen LogP contribution in [-0.4, -0.2) is 54.6 Å². The number of amides is 1. The fourth-order valence-corrected chi connectivity index (χ4v) is 1.41. The van der Waals surface area contributed by atoms with Gasteiger partial charge in [-0.2, -0.15) is 0 Å². The molecule has 0 spiro atoms. The summed E-state index contributed by atoms with van der Waals surface area (Å²) in [5, 5.41) is 8.97. The molecule has 0 aliphatic heterocycles. The topological polar surface area (TPSA) is 73.7 Å². The van der Waals surface area contributed by atoms with E-state index in [2.05, 4.69) is 4.98 Å². The summed E-state index contributed by atoms with van der Waals surface area (Å²) in [5.74, 6) is -0.924. The zero-order valence-corrected chi connectivity index (χ0v) is 11.1. The van der Waals surface area contributed by atoms with Gasteiger partial charge in [-0.3, -0.25) is 4.79 Å². The van der Waals surface area contributed by atoms with Crippen molar-refractivity contribution < 1.29 is 14.7 Å². The maximum atomic E-state index is 11.5. The molecule has 0 bridgehead atoms. The number of nitrogens with zero attached hydrogens (tertiary/aromatic N) is 3. The fourth-order valence-electron chi connectivity index (χ4n) is 1.22. The molecule has 1 N–H and O–H groups in total. The number of aromatic carboxylic acids is 1. The predicted molar refractivity (Wildman–Crippen MR) is 68.2 cm³/mol. The minimum absolute atomic E-state index is 0.0681. The Bertz CT molecular complexity index is 477. The number of hydrogen-bond donors (Lipinski definition) is 1. The maximum absolute atomic E-state index is 11.5. The minimum atomic E-state index is -1.20. The Balaban J connectivity index is 2.93. The first-order chi connectivity index (χ1) is 8.32. The number of hydrogen-bond acceptors (Lipinski definition) is 4. The Morgan fingerprint density at radius 3 is 2.44 bits per heavy atom. The summed E-state index contributed by atoms with van der Waals surface area (Å²) < 4.78 is 0. The molecule has 1 aromatic rings. The van der Waals surface area contributed by atoms with E-state index in [0.717, 1.165) is 0 Å². The van der Waals surface area contributed by atoms with E-state index in [1.165, 1.54) is 11.0 Å². The summed E-state index contributed by atoms with van der Waals surface area (Å²) in [4.78, 5) is 29.3. The van der Waals surface area contributed by atoms with Crippen LogP contribution in [0.25, 0.3) is 0 Å². The molecule has 0 atom stereocenters. The minimum Gasteiger partial charge on any atom is -0.476 e. The number of likely N-dealkylation sites (N-methyl/N-ethyl adjacent to an activating group) is 2. The van der Waals surface area contributed by atoms with Gasteiger partial charge in [0.1, 0.15) is 5.82 Å². The second-order valence-electron chi connectivity index (χ2n) is 3.95. The summed E-state index contributed by atoms with van der Waals surface area (Å²) in [6.45, 7) is 0.112. The largest absolute Gasteiger partial charge is 0.476 e. The highest BCUT2D eigenvalue weighted by molar-refractivity contribution is 6.33. The van der Waals surface area contributed by atoms with Gasteiger partial charge >= 0.3 is 5.97 Å². The number of carbonyl (C=O) groups excluding carboxylic acids is 1. The van der Waals surface area contributed by atoms with E-state index >= 15 is 0 Å². The quantitative estimate of drug-likeness (QED) is 0.883. The van der Waals surface area contributed by atoms with Crippen molar-refractivity contribution in [1.29, 1.82) is 0 Å². The SMILES string of the molecule is CN(C)C(=O)CN(C)c1ccc(Cl)c(C(=O)O)n1. The molecule has 0 fully saturated rings. The lowest BCUT2D eigenvalue weighted by Crippen LogP contribution is -2.34. The van der Waals surface area contributed by atoms with Crippen LogP contribution in [0.2, 0.25) is 5.02 Å². The van der Waals surface area contributed by atoms with E-state index in [9.17, 15) is 9.59 Å². The van der Waals surface area contributed by atoms with Gasteiger partial charge in [-0.15, -0.1) is 0 Å². The first-order valence-electron chi connectivity index (χ1n) is 5.14. The summed E-state index contributed by atoms with van der Waals surface area (Å²) in [5.41, 5.74) is -0.224. The van der Waals surface area contributed by atoms with Crippen molar-refractivity contribution in [3.8, 4) is 0 Å². The Morgan fingerprint density at radius 2 is 1.94 bits per heavy atom. The van der Waals surface area contributed by atoms with Crippen LogP contribution >= 0.6 is 11.6 Å². The highest BCUT2D eigenvalue weighted by atomic mass is 35.5. The van der Waals surface area contributed by atoms with Crippen LogP contribution < -0.4 is 4.90 Å². The second-order valence-corrected chi connectivity index (χ2v) is 4.36.